The van der Waals surface area contributed by atoms with Crippen LogP contribution in [0.2, 0.25) is 0 Å². The molecule has 1 saturated carbocycles. The number of benzene rings is 2. The Labute approximate surface area is 206 Å². The summed E-state index contributed by atoms with van der Waals surface area (Å²) >= 11 is 0. The molecule has 0 radical (unpaired) electrons. The van der Waals surface area contributed by atoms with E-state index in [1.807, 2.05) is 38.1 Å². The van der Waals surface area contributed by atoms with Crippen LogP contribution < -0.4 is 10.6 Å². The third-order valence-electron chi connectivity index (χ3n) is 7.48. The Kier molecular flexibility index (Phi) is 7.73. The van der Waals surface area contributed by atoms with Gasteiger partial charge in [-0.15, -0.1) is 0 Å². The minimum Gasteiger partial charge on any atom is -0.481 e. The fourth-order valence-electron chi connectivity index (χ4n) is 5.31. The lowest BCUT2D eigenvalue weighted by molar-refractivity contribution is -0.143. The first kappa shape index (κ1) is 24.8. The van der Waals surface area contributed by atoms with Crippen LogP contribution in [-0.2, 0) is 14.3 Å². The number of hydrogen-bond acceptors (Lipinski definition) is 4. The zero-order valence-corrected chi connectivity index (χ0v) is 20.3. The van der Waals surface area contributed by atoms with E-state index in [1.165, 1.54) is 0 Å². The molecule has 1 fully saturated rings. The van der Waals surface area contributed by atoms with Crippen molar-refractivity contribution < 1.29 is 24.2 Å². The molecule has 3 N–H and O–H groups in total. The number of hydrogen-bond donors (Lipinski definition) is 3. The van der Waals surface area contributed by atoms with Gasteiger partial charge in [0.1, 0.15) is 12.6 Å². The van der Waals surface area contributed by atoms with E-state index in [2.05, 4.69) is 34.9 Å². The number of carbonyl (C=O) groups is 3. The minimum atomic E-state index is -0.820. The van der Waals surface area contributed by atoms with E-state index >= 15 is 0 Å². The predicted molar refractivity (Wildman–Crippen MR) is 133 cm³/mol. The summed E-state index contributed by atoms with van der Waals surface area (Å²) in [7, 11) is 0. The molecular formula is C28H34N2O5. The molecule has 2 aromatic rings. The van der Waals surface area contributed by atoms with Gasteiger partial charge in [-0.2, -0.15) is 0 Å². The van der Waals surface area contributed by atoms with Crippen molar-refractivity contribution in [3.05, 3.63) is 59.7 Å². The second kappa shape index (κ2) is 10.9. The first-order valence-electron chi connectivity index (χ1n) is 12.5. The topological polar surface area (TPSA) is 105 Å². The molecule has 0 heterocycles. The van der Waals surface area contributed by atoms with Crippen LogP contribution in [-0.4, -0.2) is 41.8 Å². The Bertz CT molecular complexity index is 1040. The van der Waals surface area contributed by atoms with Crippen molar-refractivity contribution in [2.75, 3.05) is 6.61 Å². The fourth-order valence-corrected chi connectivity index (χ4v) is 5.31. The second-order valence-corrected chi connectivity index (χ2v) is 9.74. The van der Waals surface area contributed by atoms with Crippen molar-refractivity contribution >= 4 is 18.0 Å². The van der Waals surface area contributed by atoms with Gasteiger partial charge in [0, 0.05) is 12.0 Å². The van der Waals surface area contributed by atoms with Gasteiger partial charge >= 0.3 is 12.1 Å². The zero-order valence-electron chi connectivity index (χ0n) is 20.3. The first-order valence-corrected chi connectivity index (χ1v) is 12.5. The molecule has 0 bridgehead atoms. The quantitative estimate of drug-likeness (QED) is 0.510. The van der Waals surface area contributed by atoms with Crippen LogP contribution in [0.4, 0.5) is 4.79 Å². The molecule has 2 aliphatic rings. The highest BCUT2D eigenvalue weighted by Gasteiger charge is 2.33. The van der Waals surface area contributed by atoms with Crippen LogP contribution in [0, 0.1) is 11.8 Å². The third-order valence-corrected chi connectivity index (χ3v) is 7.48. The molecular weight excluding hydrogens is 444 g/mol. The van der Waals surface area contributed by atoms with Gasteiger partial charge in [-0.1, -0.05) is 75.2 Å². The Hall–Kier alpha value is -3.35. The van der Waals surface area contributed by atoms with Gasteiger partial charge in [0.25, 0.3) is 0 Å². The van der Waals surface area contributed by atoms with Crippen LogP contribution >= 0.6 is 0 Å². The molecule has 35 heavy (non-hydrogen) atoms. The highest BCUT2D eigenvalue weighted by atomic mass is 16.5. The molecule has 2 unspecified atom stereocenters. The van der Waals surface area contributed by atoms with E-state index in [1.54, 1.807) is 0 Å². The molecule has 7 nitrogen and oxygen atoms in total. The average Bonchev–Trinajstić information content (AvgIpc) is 3.19. The van der Waals surface area contributed by atoms with Gasteiger partial charge in [0.15, 0.2) is 0 Å². The predicted octanol–water partition coefficient (Wildman–Crippen LogP) is 4.70. The molecule has 0 aliphatic heterocycles. The molecule has 2 aromatic carbocycles. The molecule has 0 saturated heterocycles. The number of carboxylic acid groups (broad SMARTS) is 1. The number of alkyl carbamates (subject to hydrolysis) is 1. The van der Waals surface area contributed by atoms with E-state index in [0.717, 1.165) is 35.1 Å². The van der Waals surface area contributed by atoms with Gasteiger partial charge in [-0.05, 0) is 47.4 Å². The average molecular weight is 479 g/mol. The van der Waals surface area contributed by atoms with E-state index in [4.69, 9.17) is 4.74 Å². The van der Waals surface area contributed by atoms with Gasteiger partial charge in [-0.3, -0.25) is 9.59 Å². The van der Waals surface area contributed by atoms with Crippen molar-refractivity contribution in [2.45, 2.75) is 64.0 Å². The minimum absolute atomic E-state index is 0.0563. The number of nitrogens with one attached hydrogen (secondary N) is 2. The lowest BCUT2D eigenvalue weighted by atomic mass is 9.85. The van der Waals surface area contributed by atoms with Crippen molar-refractivity contribution in [2.24, 2.45) is 11.8 Å². The number of carboxylic acids is 1. The van der Waals surface area contributed by atoms with E-state index in [-0.39, 0.29) is 30.4 Å². The van der Waals surface area contributed by atoms with Crippen molar-refractivity contribution in [1.82, 2.24) is 10.6 Å². The summed E-state index contributed by atoms with van der Waals surface area (Å²) in [5.74, 6) is -1.71. The number of fused-ring (bicyclic) bond motifs is 3. The molecule has 0 aromatic heterocycles. The van der Waals surface area contributed by atoms with Crippen LogP contribution in [0.15, 0.2) is 48.5 Å². The Morgan fingerprint density at radius 3 is 2.26 bits per heavy atom. The largest absolute Gasteiger partial charge is 0.481 e. The monoisotopic (exact) mass is 478 g/mol. The lowest BCUT2D eigenvalue weighted by Crippen LogP contribution is -2.53. The number of aliphatic carboxylic acids is 1. The maximum atomic E-state index is 13.1. The van der Waals surface area contributed by atoms with Gasteiger partial charge in [-0.25, -0.2) is 4.79 Å². The van der Waals surface area contributed by atoms with E-state index in [9.17, 15) is 19.5 Å². The highest BCUT2D eigenvalue weighted by Crippen LogP contribution is 2.44. The van der Waals surface area contributed by atoms with Crippen molar-refractivity contribution in [3.8, 4) is 11.1 Å². The highest BCUT2D eigenvalue weighted by molar-refractivity contribution is 5.86. The molecule has 4 rings (SSSR count). The summed E-state index contributed by atoms with van der Waals surface area (Å²) in [6, 6.07) is 15.3. The van der Waals surface area contributed by atoms with Crippen molar-refractivity contribution in [3.63, 3.8) is 0 Å². The summed E-state index contributed by atoms with van der Waals surface area (Å²) in [4.78, 5) is 37.3. The summed E-state index contributed by atoms with van der Waals surface area (Å²) < 4.78 is 5.65. The standard InChI is InChI=1S/C28H34N2O5/c1-3-17(2)25(26(31)29-19-10-8-9-18(15-19)27(32)33)30-28(34)35-16-24-22-13-6-4-11-20(22)21-12-5-7-14-23(21)24/h4-7,11-14,17-19,24-25H,3,8-10,15-16H2,1-2H3,(H,29,31)(H,30,34)(H,32,33)/t17?,18-,19-,25?/m1/s1. The van der Waals surface area contributed by atoms with Gasteiger partial charge < -0.3 is 20.5 Å². The lowest BCUT2D eigenvalue weighted by Gasteiger charge is -2.30. The molecule has 0 spiro atoms. The van der Waals surface area contributed by atoms with Gasteiger partial charge in [0.2, 0.25) is 5.91 Å². The normalized spacial score (nSPS) is 20.7. The maximum Gasteiger partial charge on any atom is 0.407 e. The third kappa shape index (κ3) is 5.50. The summed E-state index contributed by atoms with van der Waals surface area (Å²) in [5.41, 5.74) is 4.56. The van der Waals surface area contributed by atoms with E-state index in [0.29, 0.717) is 19.3 Å². The number of carbonyl (C=O) groups excluding carboxylic acids is 2. The van der Waals surface area contributed by atoms with Crippen LogP contribution in [0.25, 0.3) is 11.1 Å². The maximum absolute atomic E-state index is 13.1. The molecule has 7 heteroatoms. The second-order valence-electron chi connectivity index (χ2n) is 9.74. The SMILES string of the molecule is CCC(C)C(NC(=O)OCC1c2ccccc2-c2ccccc21)C(=O)N[C@@H]1CCC[C@@H](C(=O)O)C1. The summed E-state index contributed by atoms with van der Waals surface area (Å²) in [5, 5.41) is 15.1. The smallest absolute Gasteiger partial charge is 0.407 e. The van der Waals surface area contributed by atoms with Crippen molar-refractivity contribution in [1.29, 1.82) is 0 Å². The van der Waals surface area contributed by atoms with Crippen LogP contribution in [0.5, 0.6) is 0 Å². The number of amides is 2. The molecule has 186 valence electrons. The molecule has 2 aliphatic carbocycles. The molecule has 4 atom stereocenters. The Balaban J connectivity index is 1.39. The van der Waals surface area contributed by atoms with Gasteiger partial charge in [0.05, 0.1) is 5.92 Å². The number of rotatable bonds is 8. The summed E-state index contributed by atoms with van der Waals surface area (Å²) in [6.45, 7) is 4.05. The zero-order chi connectivity index (χ0) is 24.9. The van der Waals surface area contributed by atoms with E-state index < -0.39 is 24.0 Å². The Morgan fingerprint density at radius 1 is 1.03 bits per heavy atom. The molecule has 2 amide bonds. The van der Waals surface area contributed by atoms with Crippen LogP contribution in [0.1, 0.15) is 63.0 Å². The van der Waals surface area contributed by atoms with Crippen LogP contribution in [0.3, 0.4) is 0 Å². The fraction of sp³-hybridized carbons (Fsp3) is 0.464. The number of ether oxygens (including phenoxy) is 1. The summed E-state index contributed by atoms with van der Waals surface area (Å²) in [6.07, 6.45) is 2.63. The Morgan fingerprint density at radius 2 is 1.66 bits per heavy atom. The first-order chi connectivity index (χ1) is 16.9.